The highest BCUT2D eigenvalue weighted by Crippen LogP contribution is 2.29. The van der Waals surface area contributed by atoms with Crippen LogP contribution in [-0.2, 0) is 10.0 Å². The van der Waals surface area contributed by atoms with E-state index in [2.05, 4.69) is 10.3 Å². The van der Waals surface area contributed by atoms with Gasteiger partial charge in [0.15, 0.2) is 10.9 Å². The molecule has 1 aromatic heterocycles. The highest BCUT2D eigenvalue weighted by Gasteiger charge is 2.27. The van der Waals surface area contributed by atoms with Crippen molar-refractivity contribution in [3.05, 3.63) is 48.0 Å². The van der Waals surface area contributed by atoms with Crippen molar-refractivity contribution in [2.75, 3.05) is 31.6 Å². The number of hydrogen-bond acceptors (Lipinski definition) is 7. The maximum absolute atomic E-state index is 12.6. The van der Waals surface area contributed by atoms with Crippen LogP contribution in [0.2, 0.25) is 0 Å². The van der Waals surface area contributed by atoms with Crippen molar-refractivity contribution in [2.24, 2.45) is 0 Å². The quantitative estimate of drug-likeness (QED) is 0.531. The van der Waals surface area contributed by atoms with E-state index in [-0.39, 0.29) is 17.2 Å². The third-order valence-corrected chi connectivity index (χ3v) is 7.84. The van der Waals surface area contributed by atoms with Gasteiger partial charge in [0, 0.05) is 18.7 Å². The molecule has 0 unspecified atom stereocenters. The Bertz CT molecular complexity index is 1150. The van der Waals surface area contributed by atoms with Crippen molar-refractivity contribution in [1.29, 1.82) is 0 Å². The Morgan fingerprint density at radius 2 is 1.90 bits per heavy atom. The van der Waals surface area contributed by atoms with E-state index in [0.717, 1.165) is 28.8 Å². The van der Waals surface area contributed by atoms with Gasteiger partial charge in [-0.15, -0.1) is 0 Å². The lowest BCUT2D eigenvalue weighted by molar-refractivity contribution is 0.101. The van der Waals surface area contributed by atoms with Crippen LogP contribution < -0.4 is 10.1 Å². The van der Waals surface area contributed by atoms with E-state index in [4.69, 9.17) is 4.74 Å². The fraction of sp³-hybridized carbons (Fsp3) is 0.333. The number of rotatable bonds is 8. The average Bonchev–Trinajstić information content (AvgIpc) is 3.42. The lowest BCUT2D eigenvalue weighted by Crippen LogP contribution is -2.27. The summed E-state index contributed by atoms with van der Waals surface area (Å²) in [4.78, 5) is 17.2. The standard InChI is InChI=1S/C21H23N3O4S2/c1-2-28-16-7-10-18-20(13-16)29-21(23-18)22-14-19(25)15-5-8-17(9-6-15)30(26,27)24-11-3-4-12-24/h5-10,13H,2-4,11-12,14H2,1H3,(H,22,23). The molecular weight excluding hydrogens is 422 g/mol. The summed E-state index contributed by atoms with van der Waals surface area (Å²) in [5.41, 5.74) is 1.30. The molecule has 4 rings (SSSR count). The maximum Gasteiger partial charge on any atom is 0.243 e. The molecule has 2 aromatic carbocycles. The number of Topliss-reactive ketones (excluding diaryl/α,β-unsaturated/α-hetero) is 1. The zero-order valence-electron chi connectivity index (χ0n) is 16.6. The number of hydrogen-bond donors (Lipinski definition) is 1. The highest BCUT2D eigenvalue weighted by atomic mass is 32.2. The first-order chi connectivity index (χ1) is 14.5. The molecule has 3 aromatic rings. The smallest absolute Gasteiger partial charge is 0.243 e. The molecular formula is C21H23N3O4S2. The zero-order valence-corrected chi connectivity index (χ0v) is 18.3. The molecule has 0 saturated carbocycles. The predicted molar refractivity (Wildman–Crippen MR) is 118 cm³/mol. The van der Waals surface area contributed by atoms with Crippen molar-refractivity contribution in [3.63, 3.8) is 0 Å². The van der Waals surface area contributed by atoms with Crippen molar-refractivity contribution in [2.45, 2.75) is 24.7 Å². The van der Waals surface area contributed by atoms with E-state index in [1.54, 1.807) is 12.1 Å². The van der Waals surface area contributed by atoms with Gasteiger partial charge in [0.25, 0.3) is 0 Å². The van der Waals surface area contributed by atoms with Crippen molar-refractivity contribution < 1.29 is 17.9 Å². The first-order valence-corrected chi connectivity index (χ1v) is 12.1. The Kier molecular flexibility index (Phi) is 6.03. The summed E-state index contributed by atoms with van der Waals surface area (Å²) in [5, 5.41) is 3.72. The molecule has 0 spiro atoms. The molecule has 1 saturated heterocycles. The molecule has 0 bridgehead atoms. The number of ether oxygens (including phenoxy) is 1. The number of carbonyl (C=O) groups is 1. The van der Waals surface area contributed by atoms with E-state index in [1.807, 2.05) is 25.1 Å². The van der Waals surface area contributed by atoms with Gasteiger partial charge in [-0.2, -0.15) is 4.31 Å². The SMILES string of the molecule is CCOc1ccc2nc(NCC(=O)c3ccc(S(=O)(=O)N4CCCC4)cc3)sc2c1. The van der Waals surface area contributed by atoms with Gasteiger partial charge >= 0.3 is 0 Å². The van der Waals surface area contributed by atoms with Crippen LogP contribution >= 0.6 is 11.3 Å². The summed E-state index contributed by atoms with van der Waals surface area (Å²) in [5.74, 6) is 0.662. The summed E-state index contributed by atoms with van der Waals surface area (Å²) in [7, 11) is -3.47. The zero-order chi connectivity index (χ0) is 21.1. The number of aromatic nitrogens is 1. The maximum atomic E-state index is 12.6. The number of benzene rings is 2. The average molecular weight is 446 g/mol. The Hall–Kier alpha value is -2.49. The molecule has 1 N–H and O–H groups in total. The Balaban J connectivity index is 1.41. The van der Waals surface area contributed by atoms with E-state index < -0.39 is 10.0 Å². The van der Waals surface area contributed by atoms with Crippen LogP contribution in [0.5, 0.6) is 5.75 Å². The van der Waals surface area contributed by atoms with Gasteiger partial charge in [0.1, 0.15) is 5.75 Å². The lowest BCUT2D eigenvalue weighted by Gasteiger charge is -2.15. The number of sulfonamides is 1. The van der Waals surface area contributed by atoms with Gasteiger partial charge in [-0.05, 0) is 62.2 Å². The molecule has 7 nitrogen and oxygen atoms in total. The molecule has 0 amide bonds. The molecule has 0 atom stereocenters. The van der Waals surface area contributed by atoms with Crippen LogP contribution in [0.1, 0.15) is 30.1 Å². The summed E-state index contributed by atoms with van der Waals surface area (Å²) in [6.07, 6.45) is 1.78. The third kappa shape index (κ3) is 4.33. The Morgan fingerprint density at radius 3 is 2.60 bits per heavy atom. The summed E-state index contributed by atoms with van der Waals surface area (Å²) < 4.78 is 33.2. The normalized spacial score (nSPS) is 14.8. The molecule has 9 heteroatoms. The monoisotopic (exact) mass is 445 g/mol. The number of anilines is 1. The minimum Gasteiger partial charge on any atom is -0.494 e. The number of nitrogens with one attached hydrogen (secondary N) is 1. The van der Waals surface area contributed by atoms with Gasteiger partial charge in [-0.25, -0.2) is 13.4 Å². The van der Waals surface area contributed by atoms with Gasteiger partial charge in [-0.1, -0.05) is 11.3 Å². The Labute approximate surface area is 179 Å². The van der Waals surface area contributed by atoms with E-state index in [0.29, 0.717) is 30.4 Å². The van der Waals surface area contributed by atoms with E-state index in [1.165, 1.54) is 27.8 Å². The lowest BCUT2D eigenvalue weighted by atomic mass is 10.1. The minimum atomic E-state index is -3.47. The van der Waals surface area contributed by atoms with Crippen LogP contribution in [0.4, 0.5) is 5.13 Å². The van der Waals surface area contributed by atoms with Gasteiger partial charge in [0.2, 0.25) is 10.0 Å². The van der Waals surface area contributed by atoms with Crippen LogP contribution in [0, 0.1) is 0 Å². The largest absolute Gasteiger partial charge is 0.494 e. The fourth-order valence-corrected chi connectivity index (χ4v) is 5.79. The highest BCUT2D eigenvalue weighted by molar-refractivity contribution is 7.89. The van der Waals surface area contributed by atoms with Crippen LogP contribution in [-0.4, -0.2) is 49.7 Å². The van der Waals surface area contributed by atoms with E-state index >= 15 is 0 Å². The number of ketones is 1. The first-order valence-electron chi connectivity index (χ1n) is 9.88. The molecule has 158 valence electrons. The van der Waals surface area contributed by atoms with Crippen molar-refractivity contribution in [1.82, 2.24) is 9.29 Å². The molecule has 1 aliphatic heterocycles. The molecule has 0 aliphatic carbocycles. The van der Waals surface area contributed by atoms with E-state index in [9.17, 15) is 13.2 Å². The molecule has 0 radical (unpaired) electrons. The molecule has 1 aliphatic rings. The van der Waals surface area contributed by atoms with Crippen LogP contribution in [0.15, 0.2) is 47.4 Å². The van der Waals surface area contributed by atoms with Crippen LogP contribution in [0.25, 0.3) is 10.2 Å². The van der Waals surface area contributed by atoms with Gasteiger partial charge < -0.3 is 10.1 Å². The molecule has 30 heavy (non-hydrogen) atoms. The second kappa shape index (κ2) is 8.71. The summed E-state index contributed by atoms with van der Waals surface area (Å²) in [6.45, 7) is 3.73. The Morgan fingerprint density at radius 1 is 1.17 bits per heavy atom. The van der Waals surface area contributed by atoms with Crippen molar-refractivity contribution >= 4 is 42.5 Å². The molecule has 1 fully saturated rings. The topological polar surface area (TPSA) is 88.6 Å². The second-order valence-corrected chi connectivity index (χ2v) is 9.96. The number of carbonyl (C=O) groups excluding carboxylic acids is 1. The minimum absolute atomic E-state index is 0.0797. The number of fused-ring (bicyclic) bond motifs is 1. The first kappa shape index (κ1) is 20.8. The second-order valence-electron chi connectivity index (χ2n) is 6.99. The predicted octanol–water partition coefficient (Wildman–Crippen LogP) is 3.77. The van der Waals surface area contributed by atoms with Crippen molar-refractivity contribution in [3.8, 4) is 5.75 Å². The van der Waals surface area contributed by atoms with Gasteiger partial charge in [-0.3, -0.25) is 4.79 Å². The molecule has 2 heterocycles. The number of nitrogens with zero attached hydrogens (tertiary/aromatic N) is 2. The summed E-state index contributed by atoms with van der Waals surface area (Å²) in [6, 6.07) is 11.9. The third-order valence-electron chi connectivity index (χ3n) is 4.95. The summed E-state index contributed by atoms with van der Waals surface area (Å²) >= 11 is 1.46. The van der Waals surface area contributed by atoms with Gasteiger partial charge in [0.05, 0.1) is 28.3 Å². The van der Waals surface area contributed by atoms with Crippen LogP contribution in [0.3, 0.4) is 0 Å². The number of thiazole rings is 1. The fourth-order valence-electron chi connectivity index (χ4n) is 3.39.